The number of carbonyl (C=O) groups is 2. The smallest absolute Gasteiger partial charge is 0.264 e. The van der Waals surface area contributed by atoms with Crippen molar-refractivity contribution in [3.63, 3.8) is 0 Å². The summed E-state index contributed by atoms with van der Waals surface area (Å²) >= 11 is 4.80. The van der Waals surface area contributed by atoms with Crippen LogP contribution in [0.3, 0.4) is 0 Å². The molecule has 0 unspecified atom stereocenters. The van der Waals surface area contributed by atoms with Crippen molar-refractivity contribution in [3.05, 3.63) is 44.8 Å². The molecule has 2 amide bonds. The topological polar surface area (TPSA) is 56.4 Å². The van der Waals surface area contributed by atoms with Gasteiger partial charge in [0.25, 0.3) is 11.8 Å². The van der Waals surface area contributed by atoms with E-state index >= 15 is 0 Å². The van der Waals surface area contributed by atoms with Crippen molar-refractivity contribution >= 4 is 39.1 Å². The number of hydrogen-bond acceptors (Lipinski definition) is 3. The highest BCUT2D eigenvalue weighted by Crippen LogP contribution is 2.23. The Balaban J connectivity index is 1.60. The largest absolute Gasteiger partial charge is 0.367 e. The Labute approximate surface area is 134 Å². The first-order chi connectivity index (χ1) is 10.1. The molecule has 0 aliphatic carbocycles. The fourth-order valence-corrected chi connectivity index (χ4v) is 3.69. The molecule has 0 radical (unpaired) electrons. The average molecular weight is 368 g/mol. The molecule has 1 aliphatic heterocycles. The molecule has 110 valence electrons. The Hall–Kier alpha value is -1.60. The number of H-pyrrole nitrogens is 1. The molecule has 2 aromatic rings. The number of rotatable bonds is 2. The molecular formula is C14H14BrN3O2S. The van der Waals surface area contributed by atoms with Gasteiger partial charge >= 0.3 is 0 Å². The van der Waals surface area contributed by atoms with E-state index in [1.54, 1.807) is 28.3 Å². The van der Waals surface area contributed by atoms with Gasteiger partial charge < -0.3 is 14.8 Å². The lowest BCUT2D eigenvalue weighted by Gasteiger charge is -2.34. The normalized spacial score (nSPS) is 15.3. The van der Waals surface area contributed by atoms with Crippen LogP contribution in [-0.2, 0) is 0 Å². The summed E-state index contributed by atoms with van der Waals surface area (Å²) in [6.07, 6.45) is 3.44. The number of aromatic amines is 1. The van der Waals surface area contributed by atoms with Crippen molar-refractivity contribution in [1.82, 2.24) is 14.8 Å². The summed E-state index contributed by atoms with van der Waals surface area (Å²) in [5.41, 5.74) is 0.664. The van der Waals surface area contributed by atoms with Crippen molar-refractivity contribution in [2.45, 2.75) is 0 Å². The van der Waals surface area contributed by atoms with Gasteiger partial charge in [0, 0.05) is 38.6 Å². The van der Waals surface area contributed by atoms with Crippen LogP contribution in [0.15, 0.2) is 34.4 Å². The predicted molar refractivity (Wildman–Crippen MR) is 84.6 cm³/mol. The molecule has 1 aliphatic rings. The van der Waals surface area contributed by atoms with Crippen LogP contribution < -0.4 is 0 Å². The van der Waals surface area contributed by atoms with Crippen molar-refractivity contribution in [3.8, 4) is 0 Å². The quantitative estimate of drug-likeness (QED) is 0.885. The molecule has 0 atom stereocenters. The Morgan fingerprint density at radius 3 is 2.24 bits per heavy atom. The van der Waals surface area contributed by atoms with Crippen LogP contribution in [0.1, 0.15) is 20.0 Å². The second-order valence-electron chi connectivity index (χ2n) is 4.79. The maximum atomic E-state index is 12.3. The Bertz CT molecular complexity index is 645. The zero-order chi connectivity index (χ0) is 14.8. The lowest BCUT2D eigenvalue weighted by molar-refractivity contribution is 0.0538. The number of halogens is 1. The predicted octanol–water partition coefficient (Wildman–Crippen LogP) is 2.44. The lowest BCUT2D eigenvalue weighted by Crippen LogP contribution is -2.50. The van der Waals surface area contributed by atoms with Crippen LogP contribution >= 0.6 is 27.3 Å². The Morgan fingerprint density at radius 2 is 1.71 bits per heavy atom. The van der Waals surface area contributed by atoms with Gasteiger partial charge in [-0.05, 0) is 34.1 Å². The number of aromatic nitrogens is 1. The Kier molecular flexibility index (Phi) is 4.12. The van der Waals surface area contributed by atoms with Gasteiger partial charge in [0.15, 0.2) is 0 Å². The van der Waals surface area contributed by atoms with E-state index in [1.807, 2.05) is 12.1 Å². The van der Waals surface area contributed by atoms with E-state index < -0.39 is 0 Å². The highest BCUT2D eigenvalue weighted by molar-refractivity contribution is 9.11. The van der Waals surface area contributed by atoms with Crippen LogP contribution in [0.4, 0.5) is 0 Å². The third kappa shape index (κ3) is 3.03. The molecule has 7 heteroatoms. The highest BCUT2D eigenvalue weighted by atomic mass is 79.9. The summed E-state index contributed by atoms with van der Waals surface area (Å²) in [4.78, 5) is 31.7. The van der Waals surface area contributed by atoms with E-state index in [0.717, 1.165) is 8.66 Å². The fourth-order valence-electron chi connectivity index (χ4n) is 2.34. The minimum absolute atomic E-state index is 0.0159. The van der Waals surface area contributed by atoms with Gasteiger partial charge in [0.1, 0.15) is 0 Å². The Morgan fingerprint density at radius 1 is 1.05 bits per heavy atom. The summed E-state index contributed by atoms with van der Waals surface area (Å²) in [5.74, 6) is 0.0571. The molecule has 5 nitrogen and oxygen atoms in total. The van der Waals surface area contributed by atoms with Crippen LogP contribution in [0, 0.1) is 0 Å². The summed E-state index contributed by atoms with van der Waals surface area (Å²) in [6, 6.07) is 5.47. The minimum atomic E-state index is 0.0159. The first-order valence-electron chi connectivity index (χ1n) is 6.62. The van der Waals surface area contributed by atoms with Crippen LogP contribution in [0.5, 0.6) is 0 Å². The maximum absolute atomic E-state index is 12.3. The van der Waals surface area contributed by atoms with Gasteiger partial charge in [-0.2, -0.15) is 0 Å². The third-order valence-electron chi connectivity index (χ3n) is 3.48. The van der Waals surface area contributed by atoms with Gasteiger partial charge in [0.2, 0.25) is 0 Å². The number of carbonyl (C=O) groups excluding carboxylic acids is 2. The summed E-state index contributed by atoms with van der Waals surface area (Å²) in [5, 5.41) is 0. The molecule has 0 saturated carbocycles. The molecule has 3 heterocycles. The van der Waals surface area contributed by atoms with Crippen LogP contribution in [0.2, 0.25) is 0 Å². The molecule has 1 saturated heterocycles. The van der Waals surface area contributed by atoms with E-state index in [2.05, 4.69) is 20.9 Å². The van der Waals surface area contributed by atoms with Gasteiger partial charge in [-0.15, -0.1) is 11.3 Å². The number of nitrogens with zero attached hydrogens (tertiary/aromatic N) is 2. The zero-order valence-corrected chi connectivity index (χ0v) is 13.6. The number of nitrogens with one attached hydrogen (secondary N) is 1. The van der Waals surface area contributed by atoms with Gasteiger partial charge in [-0.25, -0.2) is 0 Å². The van der Waals surface area contributed by atoms with Crippen molar-refractivity contribution in [2.75, 3.05) is 26.2 Å². The van der Waals surface area contributed by atoms with E-state index in [4.69, 9.17) is 0 Å². The zero-order valence-electron chi connectivity index (χ0n) is 11.2. The third-order valence-corrected chi connectivity index (χ3v) is 5.09. The molecule has 1 fully saturated rings. The van der Waals surface area contributed by atoms with E-state index in [0.29, 0.717) is 31.7 Å². The molecule has 3 rings (SSSR count). The minimum Gasteiger partial charge on any atom is -0.367 e. The number of amides is 2. The van der Waals surface area contributed by atoms with Crippen LogP contribution in [-0.4, -0.2) is 52.8 Å². The molecule has 0 aromatic carbocycles. The van der Waals surface area contributed by atoms with Gasteiger partial charge in [0.05, 0.1) is 14.2 Å². The average Bonchev–Trinajstić information content (AvgIpc) is 3.17. The number of thiophene rings is 1. The van der Waals surface area contributed by atoms with E-state index in [1.165, 1.54) is 11.3 Å². The van der Waals surface area contributed by atoms with Crippen LogP contribution in [0.25, 0.3) is 0 Å². The molecule has 21 heavy (non-hydrogen) atoms. The maximum Gasteiger partial charge on any atom is 0.264 e. The summed E-state index contributed by atoms with van der Waals surface area (Å²) < 4.78 is 0.951. The lowest BCUT2D eigenvalue weighted by atomic mass is 10.2. The summed E-state index contributed by atoms with van der Waals surface area (Å²) in [6.45, 7) is 2.29. The molecule has 0 spiro atoms. The molecule has 2 aromatic heterocycles. The highest BCUT2D eigenvalue weighted by Gasteiger charge is 2.26. The van der Waals surface area contributed by atoms with E-state index in [-0.39, 0.29) is 11.8 Å². The van der Waals surface area contributed by atoms with Gasteiger partial charge in [-0.3, -0.25) is 9.59 Å². The summed E-state index contributed by atoms with van der Waals surface area (Å²) in [7, 11) is 0. The first kappa shape index (κ1) is 14.3. The second-order valence-corrected chi connectivity index (χ2v) is 7.25. The number of piperazine rings is 1. The van der Waals surface area contributed by atoms with Crippen molar-refractivity contribution < 1.29 is 9.59 Å². The molecule has 0 bridgehead atoms. The SMILES string of the molecule is O=C(c1cc[nH]c1)N1CCN(C(=O)c2ccc(Br)s2)CC1. The molecular weight excluding hydrogens is 354 g/mol. The molecule has 1 N–H and O–H groups in total. The van der Waals surface area contributed by atoms with Gasteiger partial charge in [-0.1, -0.05) is 0 Å². The second kappa shape index (κ2) is 6.03. The fraction of sp³-hybridized carbons (Fsp3) is 0.286. The van der Waals surface area contributed by atoms with Crippen molar-refractivity contribution in [1.29, 1.82) is 0 Å². The monoisotopic (exact) mass is 367 g/mol. The van der Waals surface area contributed by atoms with E-state index in [9.17, 15) is 9.59 Å². The number of hydrogen-bond donors (Lipinski definition) is 1. The first-order valence-corrected chi connectivity index (χ1v) is 8.23. The van der Waals surface area contributed by atoms with Crippen molar-refractivity contribution in [2.24, 2.45) is 0 Å². The standard InChI is InChI=1S/C14H14BrN3O2S/c15-12-2-1-11(21-12)14(20)18-7-5-17(6-8-18)13(19)10-3-4-16-9-10/h1-4,9,16H,5-8H2.